The van der Waals surface area contributed by atoms with Crippen molar-refractivity contribution in [2.45, 2.75) is 18.4 Å². The second-order valence-corrected chi connectivity index (χ2v) is 3.64. The highest BCUT2D eigenvalue weighted by molar-refractivity contribution is 5.74. The number of aliphatic carboxylic acids is 1. The third-order valence-electron chi connectivity index (χ3n) is 2.70. The van der Waals surface area contributed by atoms with Crippen LogP contribution in [0.2, 0.25) is 0 Å². The average molecular weight is 191 g/mol. The highest BCUT2D eigenvalue weighted by Crippen LogP contribution is 2.25. The minimum absolute atomic E-state index is 0.345. The third kappa shape index (κ3) is 1.77. The van der Waals surface area contributed by atoms with Gasteiger partial charge in [0, 0.05) is 6.54 Å². The van der Waals surface area contributed by atoms with Crippen LogP contribution in [-0.4, -0.2) is 23.7 Å². The number of benzene rings is 1. The number of carbonyl (C=O) groups is 1. The van der Waals surface area contributed by atoms with Crippen molar-refractivity contribution in [1.82, 2.24) is 5.32 Å². The zero-order valence-corrected chi connectivity index (χ0v) is 7.81. The van der Waals surface area contributed by atoms with Gasteiger partial charge in [-0.3, -0.25) is 4.79 Å². The lowest BCUT2D eigenvalue weighted by molar-refractivity contribution is -0.139. The molecule has 0 bridgehead atoms. The monoisotopic (exact) mass is 191 g/mol. The molecule has 1 aliphatic rings. The fourth-order valence-electron chi connectivity index (χ4n) is 1.90. The number of hydrogen-bond donors (Lipinski definition) is 2. The number of carboxylic acids is 1. The standard InChI is InChI=1S/C11H13NO2/c13-11(14)10-6-9(7-12-10)8-4-2-1-3-5-8/h1-5,9-10,12H,6-7H2,(H,13,14)/t9-,10+/m0/s1. The third-order valence-corrected chi connectivity index (χ3v) is 2.70. The first-order valence-electron chi connectivity index (χ1n) is 4.78. The Labute approximate surface area is 82.8 Å². The highest BCUT2D eigenvalue weighted by atomic mass is 16.4. The van der Waals surface area contributed by atoms with E-state index in [0.29, 0.717) is 12.3 Å². The topological polar surface area (TPSA) is 49.3 Å². The number of hydrogen-bond acceptors (Lipinski definition) is 2. The molecule has 14 heavy (non-hydrogen) atoms. The van der Waals surface area contributed by atoms with Crippen LogP contribution in [0.3, 0.4) is 0 Å². The van der Waals surface area contributed by atoms with Crippen molar-refractivity contribution in [3.05, 3.63) is 35.9 Å². The van der Waals surface area contributed by atoms with E-state index in [2.05, 4.69) is 17.4 Å². The van der Waals surface area contributed by atoms with Crippen molar-refractivity contribution in [1.29, 1.82) is 0 Å². The van der Waals surface area contributed by atoms with Crippen molar-refractivity contribution in [3.8, 4) is 0 Å². The van der Waals surface area contributed by atoms with Crippen molar-refractivity contribution in [2.24, 2.45) is 0 Å². The normalized spacial score (nSPS) is 26.3. The fraction of sp³-hybridized carbons (Fsp3) is 0.364. The minimum atomic E-state index is -0.747. The maximum atomic E-state index is 10.7. The van der Waals surface area contributed by atoms with E-state index in [1.54, 1.807) is 0 Å². The van der Waals surface area contributed by atoms with Gasteiger partial charge in [0.15, 0.2) is 0 Å². The van der Waals surface area contributed by atoms with E-state index in [1.165, 1.54) is 5.56 Å². The number of rotatable bonds is 2. The summed E-state index contributed by atoms with van der Waals surface area (Å²) in [5.74, 6) is -0.402. The van der Waals surface area contributed by atoms with Crippen LogP contribution in [-0.2, 0) is 4.79 Å². The molecule has 1 fully saturated rings. The molecule has 3 heteroatoms. The molecule has 0 aromatic heterocycles. The predicted octanol–water partition coefficient (Wildman–Crippen LogP) is 1.22. The van der Waals surface area contributed by atoms with E-state index in [9.17, 15) is 4.79 Å². The molecule has 0 saturated carbocycles. The molecule has 1 aromatic carbocycles. The van der Waals surface area contributed by atoms with E-state index in [0.717, 1.165) is 6.54 Å². The van der Waals surface area contributed by atoms with Gasteiger partial charge in [0.05, 0.1) is 0 Å². The molecule has 2 rings (SSSR count). The molecule has 1 aliphatic heterocycles. The van der Waals surface area contributed by atoms with E-state index < -0.39 is 5.97 Å². The van der Waals surface area contributed by atoms with Crippen molar-refractivity contribution < 1.29 is 9.90 Å². The molecule has 0 unspecified atom stereocenters. The smallest absolute Gasteiger partial charge is 0.320 e. The van der Waals surface area contributed by atoms with Crippen LogP contribution in [0.1, 0.15) is 17.9 Å². The van der Waals surface area contributed by atoms with Gasteiger partial charge < -0.3 is 10.4 Å². The lowest BCUT2D eigenvalue weighted by Crippen LogP contribution is -2.29. The second kappa shape index (κ2) is 3.80. The molecule has 0 amide bonds. The minimum Gasteiger partial charge on any atom is -0.480 e. The lowest BCUT2D eigenvalue weighted by Gasteiger charge is -2.07. The first kappa shape index (κ1) is 9.21. The van der Waals surface area contributed by atoms with Gasteiger partial charge in [-0.15, -0.1) is 0 Å². The zero-order valence-electron chi connectivity index (χ0n) is 7.81. The molecule has 3 nitrogen and oxygen atoms in total. The Balaban J connectivity index is 2.06. The van der Waals surface area contributed by atoms with Crippen LogP contribution in [0, 0.1) is 0 Å². The summed E-state index contributed by atoms with van der Waals surface area (Å²) in [4.78, 5) is 10.7. The van der Waals surface area contributed by atoms with Gasteiger partial charge in [-0.25, -0.2) is 0 Å². The summed E-state index contributed by atoms with van der Waals surface area (Å²) in [7, 11) is 0. The van der Waals surface area contributed by atoms with Gasteiger partial charge in [0.25, 0.3) is 0 Å². The maximum absolute atomic E-state index is 10.7. The van der Waals surface area contributed by atoms with Gasteiger partial charge in [0.2, 0.25) is 0 Å². The van der Waals surface area contributed by atoms with Crippen LogP contribution < -0.4 is 5.32 Å². The summed E-state index contributed by atoms with van der Waals surface area (Å²) in [6.07, 6.45) is 0.694. The van der Waals surface area contributed by atoms with Crippen LogP contribution in [0.25, 0.3) is 0 Å². The van der Waals surface area contributed by atoms with Crippen LogP contribution in [0.15, 0.2) is 30.3 Å². The average Bonchev–Trinajstić information content (AvgIpc) is 2.68. The lowest BCUT2D eigenvalue weighted by atomic mass is 9.96. The molecule has 0 radical (unpaired) electrons. The van der Waals surface area contributed by atoms with E-state index in [-0.39, 0.29) is 6.04 Å². The Morgan fingerprint density at radius 1 is 1.36 bits per heavy atom. The van der Waals surface area contributed by atoms with Gasteiger partial charge in [-0.2, -0.15) is 0 Å². The van der Waals surface area contributed by atoms with Gasteiger partial charge in [0.1, 0.15) is 6.04 Å². The Morgan fingerprint density at radius 3 is 2.64 bits per heavy atom. The van der Waals surface area contributed by atoms with Crippen molar-refractivity contribution in [3.63, 3.8) is 0 Å². The summed E-state index contributed by atoms with van der Waals surface area (Å²) in [5, 5.41) is 11.8. The Kier molecular flexibility index (Phi) is 2.50. The largest absolute Gasteiger partial charge is 0.480 e. The van der Waals surface area contributed by atoms with Crippen molar-refractivity contribution >= 4 is 5.97 Å². The van der Waals surface area contributed by atoms with Crippen LogP contribution in [0.4, 0.5) is 0 Å². The van der Waals surface area contributed by atoms with Gasteiger partial charge in [-0.05, 0) is 17.9 Å². The van der Waals surface area contributed by atoms with Gasteiger partial charge >= 0.3 is 5.97 Å². The zero-order chi connectivity index (χ0) is 9.97. The highest BCUT2D eigenvalue weighted by Gasteiger charge is 2.29. The quantitative estimate of drug-likeness (QED) is 0.738. The molecule has 2 N–H and O–H groups in total. The van der Waals surface area contributed by atoms with E-state index >= 15 is 0 Å². The summed E-state index contributed by atoms with van der Waals surface area (Å²) in [5.41, 5.74) is 1.23. The number of carboxylic acid groups (broad SMARTS) is 1. The van der Waals surface area contributed by atoms with E-state index in [4.69, 9.17) is 5.11 Å². The summed E-state index contributed by atoms with van der Waals surface area (Å²) < 4.78 is 0. The second-order valence-electron chi connectivity index (χ2n) is 3.64. The summed E-state index contributed by atoms with van der Waals surface area (Å²) in [6.45, 7) is 0.765. The molecule has 1 aromatic rings. The predicted molar refractivity (Wildman–Crippen MR) is 53.2 cm³/mol. The molecule has 2 atom stereocenters. The van der Waals surface area contributed by atoms with Crippen LogP contribution >= 0.6 is 0 Å². The SMILES string of the molecule is O=C(O)[C@H]1C[C@H](c2ccccc2)CN1. The van der Waals surface area contributed by atoms with Crippen molar-refractivity contribution in [2.75, 3.05) is 6.54 Å². The fourth-order valence-corrected chi connectivity index (χ4v) is 1.90. The van der Waals surface area contributed by atoms with Gasteiger partial charge in [-0.1, -0.05) is 30.3 Å². The Bertz CT molecular complexity index is 323. The molecule has 0 spiro atoms. The Hall–Kier alpha value is -1.35. The number of nitrogens with one attached hydrogen (secondary N) is 1. The molecular formula is C11H13NO2. The first-order valence-corrected chi connectivity index (χ1v) is 4.78. The molecular weight excluding hydrogens is 178 g/mol. The van der Waals surface area contributed by atoms with Crippen LogP contribution in [0.5, 0.6) is 0 Å². The Morgan fingerprint density at radius 2 is 2.07 bits per heavy atom. The first-order chi connectivity index (χ1) is 6.77. The summed E-state index contributed by atoms with van der Waals surface area (Å²) >= 11 is 0. The van der Waals surface area contributed by atoms with E-state index in [1.807, 2.05) is 18.2 Å². The maximum Gasteiger partial charge on any atom is 0.320 e. The molecule has 74 valence electrons. The molecule has 1 heterocycles. The summed E-state index contributed by atoms with van der Waals surface area (Å²) in [6, 6.07) is 9.68. The molecule has 0 aliphatic carbocycles. The molecule has 1 saturated heterocycles.